The van der Waals surface area contributed by atoms with Crippen LogP contribution < -0.4 is 10.1 Å². The van der Waals surface area contributed by atoms with Gasteiger partial charge in [-0.3, -0.25) is 9.59 Å². The highest BCUT2D eigenvalue weighted by Crippen LogP contribution is 2.35. The monoisotopic (exact) mass is 590 g/mol. The van der Waals surface area contributed by atoms with Crippen molar-refractivity contribution in [3.8, 4) is 11.6 Å². The van der Waals surface area contributed by atoms with Crippen LogP contribution in [0.4, 0.5) is 5.13 Å². The summed E-state index contributed by atoms with van der Waals surface area (Å²) >= 11 is 7.61. The van der Waals surface area contributed by atoms with Crippen molar-refractivity contribution in [2.45, 2.75) is 26.8 Å². The van der Waals surface area contributed by atoms with E-state index >= 15 is 0 Å². The molecule has 5 aromatic rings. The summed E-state index contributed by atoms with van der Waals surface area (Å²) in [5, 5.41) is 5.07. The highest BCUT2D eigenvalue weighted by molar-refractivity contribution is 7.22. The Balaban J connectivity index is 1.50. The minimum absolute atomic E-state index is 0.117. The number of nitrogens with zero attached hydrogens (tertiary/aromatic N) is 3. The standard InChI is InChI=1S/C30H27ClN4O5S/c1-4-38-28(36)25(29(37)39-5-2)26(35-30-34-23-12-6-17(3)14-24(23)41-30)18-7-10-20(11-8-18)40-27-21-15-19(31)9-13-22(21)32-16-33-27/h6-16,25-26H,4-5H2,1-3H3,(H,34,35). The van der Waals surface area contributed by atoms with Gasteiger partial charge in [0, 0.05) is 5.02 Å². The van der Waals surface area contributed by atoms with Crippen LogP contribution in [0.15, 0.2) is 67.0 Å². The summed E-state index contributed by atoms with van der Waals surface area (Å²) in [6, 6.07) is 17.4. The van der Waals surface area contributed by atoms with E-state index in [0.29, 0.717) is 38.3 Å². The van der Waals surface area contributed by atoms with Crippen LogP contribution in [-0.2, 0) is 19.1 Å². The third-order valence-electron chi connectivity index (χ3n) is 6.25. The molecule has 210 valence electrons. The lowest BCUT2D eigenvalue weighted by atomic mass is 9.92. The highest BCUT2D eigenvalue weighted by Gasteiger charge is 2.39. The van der Waals surface area contributed by atoms with Crippen molar-refractivity contribution in [2.24, 2.45) is 5.92 Å². The molecule has 9 nitrogen and oxygen atoms in total. The van der Waals surface area contributed by atoms with Crippen molar-refractivity contribution < 1.29 is 23.8 Å². The van der Waals surface area contributed by atoms with Crippen LogP contribution in [0.5, 0.6) is 11.6 Å². The molecule has 2 heterocycles. The molecule has 0 saturated heterocycles. The lowest BCUT2D eigenvalue weighted by molar-refractivity contribution is -0.162. The van der Waals surface area contributed by atoms with Gasteiger partial charge in [-0.15, -0.1) is 0 Å². The van der Waals surface area contributed by atoms with Crippen LogP contribution in [0.3, 0.4) is 0 Å². The summed E-state index contributed by atoms with van der Waals surface area (Å²) in [5.41, 5.74) is 3.24. The van der Waals surface area contributed by atoms with E-state index in [1.165, 1.54) is 17.7 Å². The number of benzene rings is 3. The van der Waals surface area contributed by atoms with Crippen molar-refractivity contribution in [1.82, 2.24) is 15.0 Å². The number of aromatic nitrogens is 3. The first-order valence-electron chi connectivity index (χ1n) is 13.0. The van der Waals surface area contributed by atoms with Gasteiger partial charge in [-0.1, -0.05) is 41.1 Å². The van der Waals surface area contributed by atoms with Gasteiger partial charge >= 0.3 is 11.9 Å². The molecule has 1 atom stereocenters. The molecule has 0 saturated carbocycles. The zero-order valence-corrected chi connectivity index (χ0v) is 24.2. The maximum Gasteiger partial charge on any atom is 0.322 e. The molecule has 11 heteroatoms. The Kier molecular flexibility index (Phi) is 8.61. The number of carbonyl (C=O) groups excluding carboxylic acids is 2. The van der Waals surface area contributed by atoms with E-state index in [4.69, 9.17) is 25.8 Å². The summed E-state index contributed by atoms with van der Waals surface area (Å²) in [7, 11) is 0. The molecule has 3 aromatic carbocycles. The molecular weight excluding hydrogens is 564 g/mol. The number of thiazole rings is 1. The van der Waals surface area contributed by atoms with Crippen molar-refractivity contribution in [3.63, 3.8) is 0 Å². The fourth-order valence-electron chi connectivity index (χ4n) is 4.36. The second-order valence-electron chi connectivity index (χ2n) is 9.11. The van der Waals surface area contributed by atoms with Gasteiger partial charge in [-0.2, -0.15) is 0 Å². The lowest BCUT2D eigenvalue weighted by Gasteiger charge is -2.25. The van der Waals surface area contributed by atoms with Crippen LogP contribution in [0.2, 0.25) is 5.02 Å². The molecule has 0 aliphatic rings. The van der Waals surface area contributed by atoms with Gasteiger partial charge in [-0.05, 0) is 74.4 Å². The molecule has 0 spiro atoms. The quantitative estimate of drug-likeness (QED) is 0.137. The molecule has 1 N–H and O–H groups in total. The van der Waals surface area contributed by atoms with Crippen molar-refractivity contribution >= 4 is 61.1 Å². The predicted molar refractivity (Wildman–Crippen MR) is 159 cm³/mol. The number of fused-ring (bicyclic) bond motifs is 2. The molecule has 0 aliphatic carbocycles. The Morgan fingerprint density at radius 2 is 1.63 bits per heavy atom. The number of halogens is 1. The number of hydrogen-bond donors (Lipinski definition) is 1. The predicted octanol–water partition coefficient (Wildman–Crippen LogP) is 6.89. The van der Waals surface area contributed by atoms with Gasteiger partial charge in [0.25, 0.3) is 0 Å². The summed E-state index contributed by atoms with van der Waals surface area (Å²) in [4.78, 5) is 39.4. The molecule has 0 radical (unpaired) electrons. The number of hydrogen-bond acceptors (Lipinski definition) is 10. The van der Waals surface area contributed by atoms with Gasteiger partial charge in [0.2, 0.25) is 5.88 Å². The average molecular weight is 591 g/mol. The second-order valence-corrected chi connectivity index (χ2v) is 10.6. The van der Waals surface area contributed by atoms with Gasteiger partial charge in [0.1, 0.15) is 12.1 Å². The van der Waals surface area contributed by atoms with Gasteiger partial charge in [-0.25, -0.2) is 15.0 Å². The third kappa shape index (κ3) is 6.39. The number of ether oxygens (including phenoxy) is 3. The lowest BCUT2D eigenvalue weighted by Crippen LogP contribution is -2.36. The van der Waals surface area contributed by atoms with E-state index < -0.39 is 23.9 Å². The number of anilines is 1. The first-order valence-corrected chi connectivity index (χ1v) is 14.2. The molecular formula is C30H27ClN4O5S. The summed E-state index contributed by atoms with van der Waals surface area (Å²) in [6.45, 7) is 5.62. The van der Waals surface area contributed by atoms with E-state index in [9.17, 15) is 9.59 Å². The van der Waals surface area contributed by atoms with Crippen LogP contribution in [0, 0.1) is 12.8 Å². The fourth-order valence-corrected chi connectivity index (χ4v) is 5.53. The van der Waals surface area contributed by atoms with Gasteiger partial charge in [0.15, 0.2) is 11.0 Å². The number of carbonyl (C=O) groups is 2. The SMILES string of the molecule is CCOC(=O)C(C(=O)OCC)C(Nc1nc2ccc(C)cc2s1)c1ccc(Oc2ncnc3ccc(Cl)cc23)cc1. The molecule has 1 unspecified atom stereocenters. The smallest absolute Gasteiger partial charge is 0.322 e. The first-order chi connectivity index (χ1) is 19.9. The third-order valence-corrected chi connectivity index (χ3v) is 7.44. The largest absolute Gasteiger partial charge is 0.465 e. The number of rotatable bonds is 10. The zero-order chi connectivity index (χ0) is 28.9. The van der Waals surface area contributed by atoms with Crippen molar-refractivity contribution in [1.29, 1.82) is 0 Å². The van der Waals surface area contributed by atoms with E-state index in [1.54, 1.807) is 56.3 Å². The molecule has 0 amide bonds. The maximum absolute atomic E-state index is 13.1. The van der Waals surface area contributed by atoms with Crippen LogP contribution in [0.25, 0.3) is 21.1 Å². The van der Waals surface area contributed by atoms with Gasteiger partial charge < -0.3 is 19.5 Å². The van der Waals surface area contributed by atoms with Crippen molar-refractivity contribution in [3.05, 3.63) is 83.1 Å². The molecule has 0 aliphatic heterocycles. The molecule has 0 fully saturated rings. The Labute approximate surface area is 245 Å². The normalized spacial score (nSPS) is 11.9. The Morgan fingerprint density at radius 3 is 2.34 bits per heavy atom. The van der Waals surface area contributed by atoms with Gasteiger partial charge in [0.05, 0.1) is 40.4 Å². The minimum Gasteiger partial charge on any atom is -0.465 e. The Bertz CT molecular complexity index is 1690. The average Bonchev–Trinajstić information content (AvgIpc) is 3.35. The number of nitrogens with one attached hydrogen (secondary N) is 1. The van der Waals surface area contributed by atoms with Crippen LogP contribution >= 0.6 is 22.9 Å². The molecule has 41 heavy (non-hydrogen) atoms. The fraction of sp³-hybridized carbons (Fsp3) is 0.233. The zero-order valence-electron chi connectivity index (χ0n) is 22.6. The maximum atomic E-state index is 13.1. The summed E-state index contributed by atoms with van der Waals surface area (Å²) in [6.07, 6.45) is 1.42. The minimum atomic E-state index is -1.27. The highest BCUT2D eigenvalue weighted by atomic mass is 35.5. The molecule has 0 bridgehead atoms. The topological polar surface area (TPSA) is 113 Å². The Morgan fingerprint density at radius 1 is 0.927 bits per heavy atom. The van der Waals surface area contributed by atoms with E-state index in [1.807, 2.05) is 25.1 Å². The van der Waals surface area contributed by atoms with E-state index in [0.717, 1.165) is 15.8 Å². The summed E-state index contributed by atoms with van der Waals surface area (Å²) in [5.74, 6) is -1.81. The van der Waals surface area contributed by atoms with Crippen LogP contribution in [-0.4, -0.2) is 40.1 Å². The second kappa shape index (κ2) is 12.5. The van der Waals surface area contributed by atoms with Crippen LogP contribution in [0.1, 0.15) is 31.0 Å². The first kappa shape index (κ1) is 28.3. The van der Waals surface area contributed by atoms with Crippen molar-refractivity contribution in [2.75, 3.05) is 18.5 Å². The van der Waals surface area contributed by atoms with E-state index in [2.05, 4.69) is 20.3 Å². The summed E-state index contributed by atoms with van der Waals surface area (Å²) < 4.78 is 17.6. The number of esters is 2. The molecule has 2 aromatic heterocycles. The number of aryl methyl sites for hydroxylation is 1. The Hall–Kier alpha value is -4.28. The molecule has 5 rings (SSSR count). The van der Waals surface area contributed by atoms with E-state index in [-0.39, 0.29) is 13.2 Å².